The number of nitrogens with one attached hydrogen (secondary N) is 1. The number of nitrogens with zero attached hydrogens (tertiary/aromatic N) is 1. The van der Waals surface area contributed by atoms with Gasteiger partial charge in [0.15, 0.2) is 0 Å². The molecule has 1 aromatic carbocycles. The van der Waals surface area contributed by atoms with Crippen molar-refractivity contribution < 1.29 is 22.7 Å². The molecular formula is C19H28N2O5S. The molecule has 1 saturated carbocycles. The maximum atomic E-state index is 13.2. The van der Waals surface area contributed by atoms with Gasteiger partial charge < -0.3 is 14.8 Å². The standard InChI is InChI=1S/C19H28N2O5S/c1-25-16-9-10-17(26-2)18(12-16)27(23,24)21-11-5-6-14(13-21)19(22)20-15-7-3-4-8-15/h9-10,12,14-15H,3-8,11,13H2,1-2H3,(H,20,22)/t14-/m1/s1. The number of methoxy groups -OCH3 is 2. The number of carbonyl (C=O) groups excluding carboxylic acids is 1. The van der Waals surface area contributed by atoms with Crippen LogP contribution in [0.5, 0.6) is 11.5 Å². The van der Waals surface area contributed by atoms with E-state index in [-0.39, 0.29) is 35.1 Å². The van der Waals surface area contributed by atoms with Crippen LogP contribution in [-0.2, 0) is 14.8 Å². The van der Waals surface area contributed by atoms with E-state index in [0.29, 0.717) is 25.1 Å². The molecule has 3 rings (SSSR count). The zero-order valence-electron chi connectivity index (χ0n) is 15.9. The van der Waals surface area contributed by atoms with Crippen LogP contribution in [0.1, 0.15) is 38.5 Å². The van der Waals surface area contributed by atoms with Crippen LogP contribution < -0.4 is 14.8 Å². The molecule has 7 nitrogen and oxygen atoms in total. The van der Waals surface area contributed by atoms with E-state index in [4.69, 9.17) is 9.47 Å². The van der Waals surface area contributed by atoms with E-state index in [1.807, 2.05) is 0 Å². The molecule has 0 unspecified atom stereocenters. The highest BCUT2D eigenvalue weighted by atomic mass is 32.2. The highest BCUT2D eigenvalue weighted by molar-refractivity contribution is 7.89. The average Bonchev–Trinajstić information content (AvgIpc) is 3.20. The van der Waals surface area contributed by atoms with Crippen molar-refractivity contribution in [2.24, 2.45) is 5.92 Å². The second-order valence-electron chi connectivity index (χ2n) is 7.21. The van der Waals surface area contributed by atoms with Gasteiger partial charge in [0, 0.05) is 25.2 Å². The summed E-state index contributed by atoms with van der Waals surface area (Å²) in [5.74, 6) is 0.375. The first-order valence-electron chi connectivity index (χ1n) is 9.48. The summed E-state index contributed by atoms with van der Waals surface area (Å²) in [6, 6.07) is 4.95. The van der Waals surface area contributed by atoms with Gasteiger partial charge in [-0.15, -0.1) is 0 Å². The quantitative estimate of drug-likeness (QED) is 0.797. The number of hydrogen-bond acceptors (Lipinski definition) is 5. The van der Waals surface area contributed by atoms with E-state index in [1.165, 1.54) is 24.6 Å². The Labute approximate surface area is 161 Å². The lowest BCUT2D eigenvalue weighted by atomic mass is 9.98. The number of hydrogen-bond donors (Lipinski definition) is 1. The van der Waals surface area contributed by atoms with Crippen molar-refractivity contribution in [2.45, 2.75) is 49.5 Å². The van der Waals surface area contributed by atoms with E-state index in [9.17, 15) is 13.2 Å². The molecule has 27 heavy (non-hydrogen) atoms. The van der Waals surface area contributed by atoms with Crippen LogP contribution in [0.15, 0.2) is 23.1 Å². The predicted octanol–water partition coefficient (Wildman–Crippen LogP) is 2.16. The zero-order chi connectivity index (χ0) is 19.4. The van der Waals surface area contributed by atoms with Crippen LogP contribution >= 0.6 is 0 Å². The van der Waals surface area contributed by atoms with Crippen molar-refractivity contribution in [3.05, 3.63) is 18.2 Å². The topological polar surface area (TPSA) is 84.9 Å². The molecule has 150 valence electrons. The summed E-state index contributed by atoms with van der Waals surface area (Å²) in [4.78, 5) is 12.7. The highest BCUT2D eigenvalue weighted by Crippen LogP contribution is 2.32. The minimum atomic E-state index is -3.78. The van der Waals surface area contributed by atoms with Crippen LogP contribution in [0.2, 0.25) is 0 Å². The van der Waals surface area contributed by atoms with E-state index in [2.05, 4.69) is 5.32 Å². The Morgan fingerprint density at radius 1 is 1.11 bits per heavy atom. The molecule has 1 saturated heterocycles. The van der Waals surface area contributed by atoms with Gasteiger partial charge in [-0.05, 0) is 37.8 Å². The van der Waals surface area contributed by atoms with Gasteiger partial charge in [-0.3, -0.25) is 4.79 Å². The number of piperidine rings is 1. The molecule has 0 aromatic heterocycles. The molecule has 0 bridgehead atoms. The number of carbonyl (C=O) groups is 1. The minimum Gasteiger partial charge on any atom is -0.497 e. The Kier molecular flexibility index (Phi) is 6.26. The molecule has 1 amide bonds. The Morgan fingerprint density at radius 3 is 2.52 bits per heavy atom. The number of ether oxygens (including phenoxy) is 2. The molecule has 1 aromatic rings. The molecule has 1 N–H and O–H groups in total. The molecule has 1 heterocycles. The van der Waals surface area contributed by atoms with Crippen molar-refractivity contribution in [1.29, 1.82) is 0 Å². The van der Waals surface area contributed by atoms with Crippen LogP contribution in [0.3, 0.4) is 0 Å². The van der Waals surface area contributed by atoms with Gasteiger partial charge >= 0.3 is 0 Å². The summed E-state index contributed by atoms with van der Waals surface area (Å²) in [7, 11) is -0.855. The number of benzene rings is 1. The lowest BCUT2D eigenvalue weighted by Crippen LogP contribution is -2.47. The fourth-order valence-electron chi connectivity index (χ4n) is 3.89. The molecule has 0 spiro atoms. The number of sulfonamides is 1. The lowest BCUT2D eigenvalue weighted by molar-refractivity contribution is -0.126. The normalized spacial score (nSPS) is 21.8. The summed E-state index contributed by atoms with van der Waals surface area (Å²) >= 11 is 0. The van der Waals surface area contributed by atoms with Crippen molar-refractivity contribution in [1.82, 2.24) is 9.62 Å². The second kappa shape index (κ2) is 8.48. The third-order valence-corrected chi connectivity index (χ3v) is 7.33. The maximum Gasteiger partial charge on any atom is 0.246 e. The van der Waals surface area contributed by atoms with E-state index >= 15 is 0 Å². The summed E-state index contributed by atoms with van der Waals surface area (Å²) in [6.07, 6.45) is 5.69. The first-order valence-corrected chi connectivity index (χ1v) is 10.9. The second-order valence-corrected chi connectivity index (χ2v) is 9.12. The van der Waals surface area contributed by atoms with E-state index in [1.54, 1.807) is 12.1 Å². The molecule has 2 aliphatic rings. The zero-order valence-corrected chi connectivity index (χ0v) is 16.8. The van der Waals surface area contributed by atoms with E-state index < -0.39 is 10.0 Å². The van der Waals surface area contributed by atoms with Crippen LogP contribution in [0, 0.1) is 5.92 Å². The molecule has 1 atom stereocenters. The van der Waals surface area contributed by atoms with Gasteiger partial charge in [-0.1, -0.05) is 12.8 Å². The first kappa shape index (κ1) is 19.9. The number of amides is 1. The Bertz CT molecular complexity index is 774. The van der Waals surface area contributed by atoms with Gasteiger partial charge in [0.2, 0.25) is 15.9 Å². The fourth-order valence-corrected chi connectivity index (χ4v) is 5.58. The van der Waals surface area contributed by atoms with Crippen molar-refractivity contribution in [3.8, 4) is 11.5 Å². The summed E-state index contributed by atoms with van der Waals surface area (Å²) < 4.78 is 38.2. The van der Waals surface area contributed by atoms with Gasteiger partial charge in [0.1, 0.15) is 16.4 Å². The monoisotopic (exact) mass is 396 g/mol. The third kappa shape index (κ3) is 4.38. The highest BCUT2D eigenvalue weighted by Gasteiger charge is 2.35. The van der Waals surface area contributed by atoms with E-state index in [0.717, 1.165) is 25.7 Å². The molecule has 2 fully saturated rings. The SMILES string of the molecule is COc1ccc(OC)c(S(=O)(=O)N2CCC[C@@H](C(=O)NC3CCCC3)C2)c1. The van der Waals surface area contributed by atoms with Gasteiger partial charge in [-0.2, -0.15) is 4.31 Å². The predicted molar refractivity (Wildman–Crippen MR) is 101 cm³/mol. The van der Waals surface area contributed by atoms with Crippen LogP contribution in [0.4, 0.5) is 0 Å². The minimum absolute atomic E-state index is 0.0283. The Balaban J connectivity index is 1.77. The molecule has 0 radical (unpaired) electrons. The Hall–Kier alpha value is -1.80. The summed E-state index contributed by atoms with van der Waals surface area (Å²) in [5, 5.41) is 3.10. The van der Waals surface area contributed by atoms with Crippen LogP contribution in [0.25, 0.3) is 0 Å². The summed E-state index contributed by atoms with van der Waals surface area (Å²) in [6.45, 7) is 0.594. The largest absolute Gasteiger partial charge is 0.497 e. The molecular weight excluding hydrogens is 368 g/mol. The Morgan fingerprint density at radius 2 is 1.85 bits per heavy atom. The fraction of sp³-hybridized carbons (Fsp3) is 0.632. The molecule has 8 heteroatoms. The third-order valence-electron chi connectivity index (χ3n) is 5.45. The van der Waals surface area contributed by atoms with Gasteiger partial charge in [0.05, 0.1) is 20.1 Å². The van der Waals surface area contributed by atoms with Crippen LogP contribution in [-0.4, -0.2) is 52.0 Å². The van der Waals surface area contributed by atoms with Gasteiger partial charge in [0.25, 0.3) is 0 Å². The smallest absolute Gasteiger partial charge is 0.246 e. The van der Waals surface area contributed by atoms with Crippen molar-refractivity contribution in [2.75, 3.05) is 27.3 Å². The first-order chi connectivity index (χ1) is 13.0. The lowest BCUT2D eigenvalue weighted by Gasteiger charge is -2.32. The summed E-state index contributed by atoms with van der Waals surface area (Å²) in [5.41, 5.74) is 0. The van der Waals surface area contributed by atoms with Gasteiger partial charge in [-0.25, -0.2) is 8.42 Å². The molecule has 1 aliphatic heterocycles. The van der Waals surface area contributed by atoms with Crippen molar-refractivity contribution in [3.63, 3.8) is 0 Å². The average molecular weight is 397 g/mol. The van der Waals surface area contributed by atoms with Crippen molar-refractivity contribution >= 4 is 15.9 Å². The maximum absolute atomic E-state index is 13.2. The number of rotatable bonds is 6. The molecule has 1 aliphatic carbocycles.